The van der Waals surface area contributed by atoms with E-state index in [1.807, 2.05) is 31.2 Å². The summed E-state index contributed by atoms with van der Waals surface area (Å²) < 4.78 is 7.08. The Balaban J connectivity index is 1.30. The van der Waals surface area contributed by atoms with Gasteiger partial charge in [0.2, 0.25) is 0 Å². The first-order valence-corrected chi connectivity index (χ1v) is 10.2. The fraction of sp³-hybridized carbons (Fsp3) is 0.238. The Morgan fingerprint density at radius 1 is 1.32 bits per heavy atom. The summed E-state index contributed by atoms with van der Waals surface area (Å²) in [4.78, 5) is 19.0. The maximum atomic E-state index is 12.9. The Bertz CT molecular complexity index is 1270. The van der Waals surface area contributed by atoms with Crippen molar-refractivity contribution >= 4 is 40.0 Å². The van der Waals surface area contributed by atoms with E-state index in [4.69, 9.17) is 21.9 Å². The van der Waals surface area contributed by atoms with E-state index in [0.717, 1.165) is 29.9 Å². The molecule has 1 aliphatic heterocycles. The Hall–Kier alpha value is -3.59. The fourth-order valence-corrected chi connectivity index (χ4v) is 4.26. The van der Waals surface area contributed by atoms with Crippen LogP contribution in [0.1, 0.15) is 22.3 Å². The van der Waals surface area contributed by atoms with E-state index in [9.17, 15) is 4.79 Å². The number of nitrogens with one attached hydrogen (secondary N) is 1. The van der Waals surface area contributed by atoms with Crippen LogP contribution in [0.4, 0.5) is 11.5 Å². The van der Waals surface area contributed by atoms with Gasteiger partial charge in [-0.05, 0) is 49.2 Å². The predicted octanol–water partition coefficient (Wildman–Crippen LogP) is 2.96. The van der Waals surface area contributed by atoms with Crippen LogP contribution < -0.4 is 16.0 Å². The first-order chi connectivity index (χ1) is 15.0. The van der Waals surface area contributed by atoms with Gasteiger partial charge < -0.3 is 20.5 Å². The fourth-order valence-electron chi connectivity index (χ4n) is 4.01. The highest BCUT2D eigenvalue weighted by Crippen LogP contribution is 2.36. The Labute approximate surface area is 182 Å². The summed E-state index contributed by atoms with van der Waals surface area (Å²) in [6.45, 7) is 3.33. The van der Waals surface area contributed by atoms with Crippen molar-refractivity contribution in [2.45, 2.75) is 19.4 Å². The number of nitrogens with zero attached hydrogens (tertiary/aromatic N) is 5. The van der Waals surface area contributed by atoms with Crippen LogP contribution in [0.15, 0.2) is 47.5 Å². The number of fused-ring (bicyclic) bond motifs is 1. The van der Waals surface area contributed by atoms with Crippen LogP contribution in [-0.4, -0.2) is 45.0 Å². The van der Waals surface area contributed by atoms with E-state index in [1.165, 1.54) is 6.33 Å². The molecule has 4 aromatic rings. The van der Waals surface area contributed by atoms with Crippen molar-refractivity contribution < 1.29 is 9.32 Å². The zero-order valence-electron chi connectivity index (χ0n) is 16.7. The van der Waals surface area contributed by atoms with Gasteiger partial charge in [0.25, 0.3) is 5.91 Å². The molecule has 3 heterocycles. The zero-order valence-corrected chi connectivity index (χ0v) is 17.5. The number of rotatable bonds is 4. The molecular weight excluding hydrogens is 418 g/mol. The number of anilines is 2. The number of hydrogen-bond donors (Lipinski definition) is 2. The molecule has 0 spiro atoms. The van der Waals surface area contributed by atoms with Gasteiger partial charge in [-0.2, -0.15) is 5.10 Å². The number of amides is 1. The predicted molar refractivity (Wildman–Crippen MR) is 118 cm³/mol. The summed E-state index contributed by atoms with van der Waals surface area (Å²) in [7, 11) is 0. The van der Waals surface area contributed by atoms with Crippen molar-refractivity contribution in [3.05, 3.63) is 59.1 Å². The summed E-state index contributed by atoms with van der Waals surface area (Å²) in [5, 5.41) is 12.2. The topological polar surface area (TPSA) is 115 Å². The first-order valence-electron chi connectivity index (χ1n) is 9.86. The molecule has 2 aromatic carbocycles. The van der Waals surface area contributed by atoms with Crippen molar-refractivity contribution in [1.29, 1.82) is 0 Å². The van der Waals surface area contributed by atoms with E-state index >= 15 is 0 Å². The molecule has 0 aliphatic carbocycles. The van der Waals surface area contributed by atoms with E-state index in [1.54, 1.807) is 17.1 Å². The Morgan fingerprint density at radius 3 is 2.97 bits per heavy atom. The number of benzene rings is 2. The van der Waals surface area contributed by atoms with Crippen molar-refractivity contribution in [3.63, 3.8) is 0 Å². The average Bonchev–Trinajstić information content (AvgIpc) is 3.50. The van der Waals surface area contributed by atoms with Crippen LogP contribution >= 0.6 is 11.6 Å². The lowest BCUT2D eigenvalue weighted by molar-refractivity contribution is 0.0940. The number of halogens is 1. The zero-order chi connectivity index (χ0) is 21.5. The average molecular weight is 438 g/mol. The molecule has 1 saturated heterocycles. The van der Waals surface area contributed by atoms with Crippen LogP contribution in [0.3, 0.4) is 0 Å². The molecule has 0 bridgehead atoms. The molecular formula is C21H20ClN7O2. The van der Waals surface area contributed by atoms with Crippen molar-refractivity contribution in [2.75, 3.05) is 23.7 Å². The summed E-state index contributed by atoms with van der Waals surface area (Å²) in [5.41, 5.74) is 9.69. The third kappa shape index (κ3) is 3.46. The van der Waals surface area contributed by atoms with Crippen LogP contribution in [0.5, 0.6) is 0 Å². The SMILES string of the molecule is Cc1cc(-n2cncn2)ccc1C(=O)N[C@@H]1CCN(c2ccc(Cl)c3c(N)noc23)C1. The maximum Gasteiger partial charge on any atom is 0.251 e. The van der Waals surface area contributed by atoms with Crippen LogP contribution in [0, 0.1) is 6.92 Å². The minimum Gasteiger partial charge on any atom is -0.380 e. The van der Waals surface area contributed by atoms with Gasteiger partial charge in [0.05, 0.1) is 21.8 Å². The van der Waals surface area contributed by atoms with Gasteiger partial charge in [0.1, 0.15) is 12.7 Å². The number of aromatic nitrogens is 4. The lowest BCUT2D eigenvalue weighted by atomic mass is 10.1. The third-order valence-corrected chi connectivity index (χ3v) is 5.89. The summed E-state index contributed by atoms with van der Waals surface area (Å²) >= 11 is 6.24. The van der Waals surface area contributed by atoms with Crippen molar-refractivity contribution in [1.82, 2.24) is 25.2 Å². The van der Waals surface area contributed by atoms with E-state index < -0.39 is 0 Å². The van der Waals surface area contributed by atoms with E-state index in [2.05, 4.69) is 25.5 Å². The normalized spacial score (nSPS) is 16.2. The molecule has 0 unspecified atom stereocenters. The maximum absolute atomic E-state index is 12.9. The van der Waals surface area contributed by atoms with Gasteiger partial charge in [-0.25, -0.2) is 9.67 Å². The van der Waals surface area contributed by atoms with Crippen LogP contribution in [0.2, 0.25) is 5.02 Å². The quantitative estimate of drug-likeness (QED) is 0.504. The number of carbonyl (C=O) groups is 1. The molecule has 9 nitrogen and oxygen atoms in total. The molecule has 1 amide bonds. The van der Waals surface area contributed by atoms with Crippen molar-refractivity contribution in [2.24, 2.45) is 0 Å². The second-order valence-electron chi connectivity index (χ2n) is 7.58. The standard InChI is InChI=1S/C21H20ClN7O2/c1-12-8-14(29-11-24-10-25-29)2-3-15(12)21(30)26-13-6-7-28(9-13)17-5-4-16(22)18-19(17)31-27-20(18)23/h2-5,8,10-11,13H,6-7,9H2,1H3,(H2,23,27)(H,26,30)/t13-/m1/s1. The second kappa shape index (κ2) is 7.59. The molecule has 3 N–H and O–H groups in total. The van der Waals surface area contributed by atoms with E-state index in [-0.39, 0.29) is 17.8 Å². The molecule has 0 radical (unpaired) electrons. The van der Waals surface area contributed by atoms with E-state index in [0.29, 0.717) is 28.1 Å². The lowest BCUT2D eigenvalue weighted by Gasteiger charge is -2.19. The second-order valence-corrected chi connectivity index (χ2v) is 7.99. The Morgan fingerprint density at radius 2 is 2.19 bits per heavy atom. The monoisotopic (exact) mass is 437 g/mol. The number of carbonyl (C=O) groups excluding carboxylic acids is 1. The van der Waals surface area contributed by atoms with Gasteiger partial charge in [-0.15, -0.1) is 0 Å². The van der Waals surface area contributed by atoms with Crippen molar-refractivity contribution in [3.8, 4) is 5.69 Å². The van der Waals surface area contributed by atoms with Gasteiger partial charge in [-0.3, -0.25) is 4.79 Å². The van der Waals surface area contributed by atoms with Gasteiger partial charge in [-0.1, -0.05) is 16.8 Å². The molecule has 2 aromatic heterocycles. The summed E-state index contributed by atoms with van der Waals surface area (Å²) in [6.07, 6.45) is 3.91. The number of nitrogens with two attached hydrogens (primary N) is 1. The smallest absolute Gasteiger partial charge is 0.251 e. The molecule has 31 heavy (non-hydrogen) atoms. The third-order valence-electron chi connectivity index (χ3n) is 5.58. The summed E-state index contributed by atoms with van der Waals surface area (Å²) in [6, 6.07) is 9.28. The van der Waals surface area contributed by atoms with Gasteiger partial charge >= 0.3 is 0 Å². The highest BCUT2D eigenvalue weighted by atomic mass is 35.5. The number of nitrogen functional groups attached to an aromatic ring is 1. The lowest BCUT2D eigenvalue weighted by Crippen LogP contribution is -2.37. The number of hydrogen-bond acceptors (Lipinski definition) is 7. The Kier molecular flexibility index (Phi) is 4.74. The molecule has 0 saturated carbocycles. The molecule has 10 heteroatoms. The van der Waals surface area contributed by atoms with Gasteiger partial charge in [0, 0.05) is 24.7 Å². The number of aryl methyl sites for hydroxylation is 1. The van der Waals surface area contributed by atoms with Crippen LogP contribution in [0.25, 0.3) is 16.7 Å². The molecule has 158 valence electrons. The summed E-state index contributed by atoms with van der Waals surface area (Å²) in [5.74, 6) is 0.176. The van der Waals surface area contributed by atoms with Crippen LogP contribution in [-0.2, 0) is 0 Å². The van der Waals surface area contributed by atoms with Gasteiger partial charge in [0.15, 0.2) is 11.4 Å². The first kappa shape index (κ1) is 19.4. The largest absolute Gasteiger partial charge is 0.380 e. The minimum absolute atomic E-state index is 0.00730. The highest BCUT2D eigenvalue weighted by molar-refractivity contribution is 6.36. The molecule has 1 fully saturated rings. The minimum atomic E-state index is -0.0975. The highest BCUT2D eigenvalue weighted by Gasteiger charge is 2.28. The molecule has 1 atom stereocenters. The molecule has 5 rings (SSSR count). The molecule has 1 aliphatic rings.